The van der Waals surface area contributed by atoms with E-state index in [2.05, 4.69) is 26.7 Å². The molecule has 0 N–H and O–H groups in total. The van der Waals surface area contributed by atoms with Gasteiger partial charge in [-0.3, -0.25) is 4.79 Å². The Morgan fingerprint density at radius 2 is 2.08 bits per heavy atom. The van der Waals surface area contributed by atoms with Crippen LogP contribution in [-0.4, -0.2) is 12.6 Å². The van der Waals surface area contributed by atoms with E-state index >= 15 is 0 Å². The van der Waals surface area contributed by atoms with Crippen LogP contribution < -0.4 is 0 Å². The number of hydrogen-bond acceptors (Lipinski definition) is 2. The minimum Gasteiger partial charge on any atom is -0.452 e. The van der Waals surface area contributed by atoms with Crippen molar-refractivity contribution in [3.63, 3.8) is 0 Å². The molecule has 0 aromatic rings. The molecule has 0 aliphatic carbocycles. The lowest BCUT2D eigenvalue weighted by Crippen LogP contribution is -2.14. The highest BCUT2D eigenvalue weighted by Crippen LogP contribution is 2.18. The molecule has 0 rings (SSSR count). The summed E-state index contributed by atoms with van der Waals surface area (Å²) in [5.74, 6) is 3.01. The topological polar surface area (TPSA) is 26.3 Å². The van der Waals surface area contributed by atoms with Crippen LogP contribution >= 0.6 is 0 Å². The first-order valence-corrected chi connectivity index (χ1v) is 4.70. The van der Waals surface area contributed by atoms with E-state index in [1.807, 2.05) is 0 Å². The number of esters is 1. The normalized spacial score (nSPS) is 14.3. The first kappa shape index (κ1) is 12.0. The molecule has 0 aliphatic heterocycles. The predicted molar refractivity (Wildman–Crippen MR) is 53.0 cm³/mol. The number of rotatable bonds is 5. The quantitative estimate of drug-likeness (QED) is 0.481. The molecule has 0 fully saturated rings. The Hall–Kier alpha value is -0.970. The zero-order chi connectivity index (χ0) is 10.3. The molecule has 0 radical (unpaired) electrons. The molecule has 2 heteroatoms. The molecule has 2 atom stereocenters. The van der Waals surface area contributed by atoms with Crippen molar-refractivity contribution in [3.05, 3.63) is 0 Å². The second kappa shape index (κ2) is 6.54. The summed E-state index contributed by atoms with van der Waals surface area (Å²) in [5, 5.41) is 0. The highest BCUT2D eigenvalue weighted by molar-refractivity contribution is 5.69. The Kier molecular flexibility index (Phi) is 6.05. The molecule has 74 valence electrons. The van der Waals surface area contributed by atoms with Gasteiger partial charge in [-0.15, -0.1) is 6.42 Å². The molecule has 0 heterocycles. The number of carbonyl (C=O) groups is 1. The van der Waals surface area contributed by atoms with E-state index in [9.17, 15) is 4.79 Å². The average molecular weight is 182 g/mol. The maximum absolute atomic E-state index is 11.1. The molecule has 2 unspecified atom stereocenters. The fourth-order valence-corrected chi connectivity index (χ4v) is 1.05. The SMILES string of the molecule is C#CCOC(=O)CC(C)C(C)CC. The zero-order valence-electron chi connectivity index (χ0n) is 8.67. The van der Waals surface area contributed by atoms with Crippen molar-refractivity contribution in [1.29, 1.82) is 0 Å². The summed E-state index contributed by atoms with van der Waals surface area (Å²) in [6, 6.07) is 0. The maximum Gasteiger partial charge on any atom is 0.307 e. The minimum absolute atomic E-state index is 0.0893. The molecule has 0 saturated carbocycles. The maximum atomic E-state index is 11.1. The van der Waals surface area contributed by atoms with Gasteiger partial charge < -0.3 is 4.74 Å². The van der Waals surface area contributed by atoms with Gasteiger partial charge in [0.2, 0.25) is 0 Å². The molecular formula is C11H18O2. The lowest BCUT2D eigenvalue weighted by molar-refractivity contribution is -0.143. The Balaban J connectivity index is 3.72. The lowest BCUT2D eigenvalue weighted by Gasteiger charge is -2.16. The molecule has 0 aliphatic rings. The number of hydrogen-bond donors (Lipinski definition) is 0. The van der Waals surface area contributed by atoms with Crippen LogP contribution in [0.3, 0.4) is 0 Å². The Labute approximate surface area is 80.7 Å². The largest absolute Gasteiger partial charge is 0.452 e. The summed E-state index contributed by atoms with van der Waals surface area (Å²) in [6.45, 7) is 6.41. The van der Waals surface area contributed by atoms with E-state index in [1.54, 1.807) is 0 Å². The van der Waals surface area contributed by atoms with Gasteiger partial charge in [-0.25, -0.2) is 0 Å². The fourth-order valence-electron chi connectivity index (χ4n) is 1.05. The van der Waals surface area contributed by atoms with Gasteiger partial charge in [0, 0.05) is 6.42 Å². The summed E-state index contributed by atoms with van der Waals surface area (Å²) < 4.78 is 4.78. The third-order valence-corrected chi connectivity index (χ3v) is 2.42. The molecule has 0 bridgehead atoms. The fraction of sp³-hybridized carbons (Fsp3) is 0.727. The van der Waals surface area contributed by atoms with E-state index in [0.29, 0.717) is 18.3 Å². The van der Waals surface area contributed by atoms with Gasteiger partial charge in [-0.1, -0.05) is 33.1 Å². The van der Waals surface area contributed by atoms with Crippen molar-refractivity contribution >= 4 is 5.97 Å². The molecule has 0 aromatic heterocycles. The van der Waals surface area contributed by atoms with E-state index in [4.69, 9.17) is 11.2 Å². The van der Waals surface area contributed by atoms with Gasteiger partial charge in [0.1, 0.15) is 0 Å². The van der Waals surface area contributed by atoms with E-state index in [1.165, 1.54) is 0 Å². The highest BCUT2D eigenvalue weighted by atomic mass is 16.5. The Bertz CT molecular complexity index is 191. The summed E-state index contributed by atoms with van der Waals surface area (Å²) >= 11 is 0. The second-order valence-electron chi connectivity index (χ2n) is 3.43. The standard InChI is InChI=1S/C11H18O2/c1-5-7-13-11(12)8-10(4)9(3)6-2/h1,9-10H,6-8H2,2-4H3. The molecule has 2 nitrogen and oxygen atoms in total. The minimum atomic E-state index is -0.189. The van der Waals surface area contributed by atoms with Crippen molar-refractivity contribution in [1.82, 2.24) is 0 Å². The van der Waals surface area contributed by atoms with Crippen molar-refractivity contribution in [2.75, 3.05) is 6.61 Å². The van der Waals surface area contributed by atoms with Crippen LogP contribution in [0.2, 0.25) is 0 Å². The van der Waals surface area contributed by atoms with Gasteiger partial charge >= 0.3 is 5.97 Å². The summed E-state index contributed by atoms with van der Waals surface area (Å²) in [7, 11) is 0. The van der Waals surface area contributed by atoms with Gasteiger partial charge in [0.15, 0.2) is 6.61 Å². The summed E-state index contributed by atoms with van der Waals surface area (Å²) in [4.78, 5) is 11.1. The average Bonchev–Trinajstić information content (AvgIpc) is 2.13. The molecule has 0 aromatic carbocycles. The van der Waals surface area contributed by atoms with Gasteiger partial charge in [0.05, 0.1) is 0 Å². The number of terminal acetylenes is 1. The molecule has 0 amide bonds. The molecular weight excluding hydrogens is 164 g/mol. The number of ether oxygens (including phenoxy) is 1. The van der Waals surface area contributed by atoms with Gasteiger partial charge in [-0.2, -0.15) is 0 Å². The van der Waals surface area contributed by atoms with E-state index in [-0.39, 0.29) is 12.6 Å². The Morgan fingerprint density at radius 1 is 1.46 bits per heavy atom. The molecule has 0 saturated heterocycles. The lowest BCUT2D eigenvalue weighted by atomic mass is 9.91. The highest BCUT2D eigenvalue weighted by Gasteiger charge is 2.14. The van der Waals surface area contributed by atoms with Crippen LogP contribution in [0.5, 0.6) is 0 Å². The van der Waals surface area contributed by atoms with Crippen molar-refractivity contribution in [3.8, 4) is 12.3 Å². The van der Waals surface area contributed by atoms with E-state index < -0.39 is 0 Å². The summed E-state index contributed by atoms with van der Waals surface area (Å²) in [5.41, 5.74) is 0. The molecule has 0 spiro atoms. The first-order chi connectivity index (χ1) is 6.11. The third-order valence-electron chi connectivity index (χ3n) is 2.42. The van der Waals surface area contributed by atoms with Crippen LogP contribution in [0.15, 0.2) is 0 Å². The van der Waals surface area contributed by atoms with Crippen LogP contribution in [0.25, 0.3) is 0 Å². The smallest absolute Gasteiger partial charge is 0.307 e. The van der Waals surface area contributed by atoms with Crippen LogP contribution in [0.1, 0.15) is 33.6 Å². The predicted octanol–water partition coefficient (Wildman–Crippen LogP) is 2.24. The summed E-state index contributed by atoms with van der Waals surface area (Å²) in [6.07, 6.45) is 6.52. The first-order valence-electron chi connectivity index (χ1n) is 4.70. The van der Waals surface area contributed by atoms with E-state index in [0.717, 1.165) is 6.42 Å². The monoisotopic (exact) mass is 182 g/mol. The van der Waals surface area contributed by atoms with Crippen LogP contribution in [-0.2, 0) is 9.53 Å². The van der Waals surface area contributed by atoms with Crippen molar-refractivity contribution in [2.45, 2.75) is 33.6 Å². The Morgan fingerprint density at radius 3 is 2.54 bits per heavy atom. The molecule has 13 heavy (non-hydrogen) atoms. The van der Waals surface area contributed by atoms with Crippen LogP contribution in [0, 0.1) is 24.2 Å². The number of carbonyl (C=O) groups excluding carboxylic acids is 1. The van der Waals surface area contributed by atoms with Gasteiger partial charge in [-0.05, 0) is 11.8 Å². The van der Waals surface area contributed by atoms with Crippen LogP contribution in [0.4, 0.5) is 0 Å². The van der Waals surface area contributed by atoms with Crippen molar-refractivity contribution < 1.29 is 9.53 Å². The van der Waals surface area contributed by atoms with Gasteiger partial charge in [0.25, 0.3) is 0 Å². The zero-order valence-corrected chi connectivity index (χ0v) is 8.67. The third kappa shape index (κ3) is 5.30. The van der Waals surface area contributed by atoms with Crippen molar-refractivity contribution in [2.24, 2.45) is 11.8 Å². The second-order valence-corrected chi connectivity index (χ2v) is 3.43.